The van der Waals surface area contributed by atoms with Crippen LogP contribution in [0.15, 0.2) is 42.5 Å². The van der Waals surface area contributed by atoms with Gasteiger partial charge in [0.05, 0.1) is 12.2 Å². The molecule has 1 heterocycles. The lowest BCUT2D eigenvalue weighted by atomic mass is 10.0. The van der Waals surface area contributed by atoms with E-state index >= 15 is 0 Å². The molecule has 0 aromatic heterocycles. The summed E-state index contributed by atoms with van der Waals surface area (Å²) >= 11 is 0. The molecule has 4 nitrogen and oxygen atoms in total. The molecule has 0 spiro atoms. The summed E-state index contributed by atoms with van der Waals surface area (Å²) in [4.78, 5) is 27.2. The maximum atomic E-state index is 12.8. The summed E-state index contributed by atoms with van der Waals surface area (Å²) in [5.41, 5.74) is 3.76. The third kappa shape index (κ3) is 2.34. The monoisotopic (exact) mass is 321 g/mol. The molecule has 122 valence electrons. The van der Waals surface area contributed by atoms with Crippen LogP contribution in [-0.4, -0.2) is 41.9 Å². The van der Waals surface area contributed by atoms with Crippen LogP contribution in [0.1, 0.15) is 40.1 Å². The van der Waals surface area contributed by atoms with E-state index in [4.69, 9.17) is 4.74 Å². The number of fused-ring (bicyclic) bond motifs is 3. The molecule has 0 radical (unpaired) electrons. The van der Waals surface area contributed by atoms with Crippen LogP contribution in [0.2, 0.25) is 0 Å². The quantitative estimate of drug-likeness (QED) is 0.692. The number of carbonyl (C=O) groups is 2. The molecule has 24 heavy (non-hydrogen) atoms. The Labute approximate surface area is 141 Å². The first-order valence-electron chi connectivity index (χ1n) is 8.27. The predicted molar refractivity (Wildman–Crippen MR) is 91.2 cm³/mol. The number of carbonyl (C=O) groups excluding carboxylic acids is 2. The molecule has 4 rings (SSSR count). The second-order valence-electron chi connectivity index (χ2n) is 6.60. The van der Waals surface area contributed by atoms with Crippen LogP contribution in [-0.2, 0) is 4.74 Å². The minimum atomic E-state index is -0.0384. The molecule has 0 N–H and O–H groups in total. The van der Waals surface area contributed by atoms with Gasteiger partial charge in [0.2, 0.25) is 0 Å². The molecule has 0 unspecified atom stereocenters. The molecular weight excluding hydrogens is 302 g/mol. The second-order valence-corrected chi connectivity index (χ2v) is 6.60. The van der Waals surface area contributed by atoms with E-state index in [1.807, 2.05) is 55.1 Å². The van der Waals surface area contributed by atoms with Crippen molar-refractivity contribution in [3.63, 3.8) is 0 Å². The number of benzene rings is 2. The van der Waals surface area contributed by atoms with Gasteiger partial charge < -0.3 is 9.64 Å². The van der Waals surface area contributed by atoms with Gasteiger partial charge in [0.15, 0.2) is 5.78 Å². The summed E-state index contributed by atoms with van der Waals surface area (Å²) in [7, 11) is 0. The number of rotatable bonds is 1. The highest BCUT2D eigenvalue weighted by Gasteiger charge is 2.30. The Bertz CT molecular complexity index is 833. The fourth-order valence-electron chi connectivity index (χ4n) is 3.69. The van der Waals surface area contributed by atoms with Gasteiger partial charge in [0.25, 0.3) is 5.91 Å². The molecule has 4 heteroatoms. The molecule has 0 bridgehead atoms. The van der Waals surface area contributed by atoms with E-state index in [0.29, 0.717) is 29.8 Å². The van der Waals surface area contributed by atoms with Crippen molar-refractivity contribution in [1.29, 1.82) is 0 Å². The fraction of sp³-hybridized carbons (Fsp3) is 0.300. The van der Waals surface area contributed by atoms with Gasteiger partial charge in [-0.2, -0.15) is 0 Å². The molecule has 1 aliphatic carbocycles. The van der Waals surface area contributed by atoms with Crippen molar-refractivity contribution >= 4 is 11.7 Å². The maximum absolute atomic E-state index is 12.8. The fourth-order valence-corrected chi connectivity index (χ4v) is 3.69. The summed E-state index contributed by atoms with van der Waals surface area (Å²) < 4.78 is 5.69. The lowest BCUT2D eigenvalue weighted by Crippen LogP contribution is -2.48. The molecular formula is C20H19NO3. The zero-order valence-corrected chi connectivity index (χ0v) is 13.8. The Hall–Kier alpha value is -2.46. The van der Waals surface area contributed by atoms with Crippen molar-refractivity contribution in [2.45, 2.75) is 26.1 Å². The minimum absolute atomic E-state index is 0.000960. The van der Waals surface area contributed by atoms with Gasteiger partial charge in [-0.25, -0.2) is 0 Å². The number of ketones is 1. The number of morpholine rings is 1. The van der Waals surface area contributed by atoms with Crippen LogP contribution in [0.4, 0.5) is 0 Å². The molecule has 1 fully saturated rings. The number of ether oxygens (including phenoxy) is 1. The smallest absolute Gasteiger partial charge is 0.254 e. The lowest BCUT2D eigenvalue weighted by molar-refractivity contribution is -0.0586. The van der Waals surface area contributed by atoms with Gasteiger partial charge in [-0.05, 0) is 37.1 Å². The summed E-state index contributed by atoms with van der Waals surface area (Å²) in [6, 6.07) is 13.0. The van der Waals surface area contributed by atoms with Crippen molar-refractivity contribution in [3.8, 4) is 11.1 Å². The van der Waals surface area contributed by atoms with Crippen molar-refractivity contribution in [3.05, 3.63) is 59.2 Å². The van der Waals surface area contributed by atoms with Gasteiger partial charge >= 0.3 is 0 Å². The molecule has 1 aliphatic heterocycles. The van der Waals surface area contributed by atoms with Gasteiger partial charge in [-0.1, -0.05) is 30.3 Å². The van der Waals surface area contributed by atoms with Crippen molar-refractivity contribution in [2.24, 2.45) is 0 Å². The van der Waals surface area contributed by atoms with Gasteiger partial charge in [-0.3, -0.25) is 9.59 Å². The molecule has 2 atom stereocenters. The average Bonchev–Trinajstić information content (AvgIpc) is 2.86. The van der Waals surface area contributed by atoms with Gasteiger partial charge in [0, 0.05) is 29.8 Å². The first-order valence-corrected chi connectivity index (χ1v) is 8.27. The van der Waals surface area contributed by atoms with E-state index < -0.39 is 0 Å². The second kappa shape index (κ2) is 5.56. The third-order valence-corrected chi connectivity index (χ3v) is 4.68. The minimum Gasteiger partial charge on any atom is -0.372 e. The van der Waals surface area contributed by atoms with Crippen LogP contribution in [0.3, 0.4) is 0 Å². The lowest BCUT2D eigenvalue weighted by Gasteiger charge is -2.35. The summed E-state index contributed by atoms with van der Waals surface area (Å²) in [5.74, 6) is -0.0393. The van der Waals surface area contributed by atoms with Crippen LogP contribution < -0.4 is 0 Å². The summed E-state index contributed by atoms with van der Waals surface area (Å²) in [6.45, 7) is 5.10. The van der Waals surface area contributed by atoms with E-state index in [-0.39, 0.29) is 23.9 Å². The average molecular weight is 321 g/mol. The van der Waals surface area contributed by atoms with E-state index in [1.165, 1.54) is 0 Å². The standard InChI is InChI=1S/C20H19NO3/c1-12-10-21(11-13(2)24-12)20(23)14-7-8-16-15-5-3-4-6-17(15)19(22)18(16)9-14/h3-9,12-13H,10-11H2,1-2H3/t12-,13-/m1/s1. The molecule has 1 amide bonds. The largest absolute Gasteiger partial charge is 0.372 e. The zero-order chi connectivity index (χ0) is 16.8. The van der Waals surface area contributed by atoms with E-state index in [9.17, 15) is 9.59 Å². The topological polar surface area (TPSA) is 46.6 Å². The van der Waals surface area contributed by atoms with Crippen molar-refractivity contribution in [2.75, 3.05) is 13.1 Å². The van der Waals surface area contributed by atoms with Crippen molar-refractivity contribution in [1.82, 2.24) is 4.90 Å². The number of hydrogen-bond acceptors (Lipinski definition) is 3. The van der Waals surface area contributed by atoms with Crippen molar-refractivity contribution < 1.29 is 14.3 Å². The van der Waals surface area contributed by atoms with Crippen LogP contribution >= 0.6 is 0 Å². The van der Waals surface area contributed by atoms with Crippen LogP contribution in [0.5, 0.6) is 0 Å². The Morgan fingerprint density at radius 2 is 1.58 bits per heavy atom. The van der Waals surface area contributed by atoms with Gasteiger partial charge in [0.1, 0.15) is 0 Å². The molecule has 2 aromatic carbocycles. The molecule has 2 aromatic rings. The molecule has 1 saturated heterocycles. The van der Waals surface area contributed by atoms with Crippen LogP contribution in [0, 0.1) is 0 Å². The maximum Gasteiger partial charge on any atom is 0.254 e. The van der Waals surface area contributed by atoms with Crippen LogP contribution in [0.25, 0.3) is 11.1 Å². The Morgan fingerprint density at radius 1 is 0.958 bits per heavy atom. The first-order chi connectivity index (χ1) is 11.5. The molecule has 2 aliphatic rings. The van der Waals surface area contributed by atoms with E-state index in [0.717, 1.165) is 11.1 Å². The Morgan fingerprint density at radius 3 is 2.29 bits per heavy atom. The van der Waals surface area contributed by atoms with E-state index in [2.05, 4.69) is 0 Å². The number of hydrogen-bond donors (Lipinski definition) is 0. The summed E-state index contributed by atoms with van der Waals surface area (Å²) in [5, 5.41) is 0. The SMILES string of the molecule is C[C@@H]1CN(C(=O)c2ccc3c(c2)C(=O)c2ccccc2-3)C[C@@H](C)O1. The first kappa shape index (κ1) is 15.1. The Kier molecular flexibility index (Phi) is 3.50. The highest BCUT2D eigenvalue weighted by molar-refractivity contribution is 6.22. The van der Waals surface area contributed by atoms with E-state index in [1.54, 1.807) is 6.07 Å². The summed E-state index contributed by atoms with van der Waals surface area (Å²) in [6.07, 6.45) is 0.0519. The number of nitrogens with zero attached hydrogens (tertiary/aromatic N) is 1. The predicted octanol–water partition coefficient (Wildman–Crippen LogP) is 3.15. The third-order valence-electron chi connectivity index (χ3n) is 4.68. The highest BCUT2D eigenvalue weighted by atomic mass is 16.5. The number of amides is 1. The highest BCUT2D eigenvalue weighted by Crippen LogP contribution is 2.36. The molecule has 0 saturated carbocycles. The normalized spacial score (nSPS) is 22.2. The Balaban J connectivity index is 1.68. The van der Waals surface area contributed by atoms with Gasteiger partial charge in [-0.15, -0.1) is 0 Å². The zero-order valence-electron chi connectivity index (χ0n) is 13.8.